The molecule has 1 aliphatic rings. The smallest absolute Gasteiger partial charge is 0.308 e. The van der Waals surface area contributed by atoms with Crippen LogP contribution in [0, 0.1) is 19.8 Å². The predicted octanol–water partition coefficient (Wildman–Crippen LogP) is 1.06. The highest BCUT2D eigenvalue weighted by Gasteiger charge is 2.15. The molecule has 1 aromatic heterocycles. The number of aryl methyl sites for hydroxylation is 1. The van der Waals surface area contributed by atoms with Gasteiger partial charge in [0.1, 0.15) is 6.54 Å². The van der Waals surface area contributed by atoms with Crippen LogP contribution in [0.5, 0.6) is 0 Å². The van der Waals surface area contributed by atoms with E-state index in [0.29, 0.717) is 12.5 Å². The van der Waals surface area contributed by atoms with E-state index in [1.165, 1.54) is 17.8 Å². The monoisotopic (exact) mass is 319 g/mol. The van der Waals surface area contributed by atoms with Crippen molar-refractivity contribution >= 4 is 29.7 Å². The van der Waals surface area contributed by atoms with Gasteiger partial charge >= 0.3 is 4.87 Å². The summed E-state index contributed by atoms with van der Waals surface area (Å²) in [6.07, 6.45) is 2.33. The Kier molecular flexibility index (Phi) is 6.71. The summed E-state index contributed by atoms with van der Waals surface area (Å²) in [5, 5.41) is 6.26. The van der Waals surface area contributed by atoms with Crippen LogP contribution < -0.4 is 15.5 Å². The number of piperidine rings is 1. The summed E-state index contributed by atoms with van der Waals surface area (Å²) in [5.74, 6) is 0.438. The zero-order chi connectivity index (χ0) is 13.8. The molecule has 7 heteroatoms. The van der Waals surface area contributed by atoms with Gasteiger partial charge in [0.15, 0.2) is 0 Å². The normalized spacial score (nSPS) is 18.4. The minimum absolute atomic E-state index is 0. The molecule has 2 N–H and O–H groups in total. The summed E-state index contributed by atoms with van der Waals surface area (Å²) >= 11 is 1.20. The van der Waals surface area contributed by atoms with Crippen LogP contribution in [-0.2, 0) is 11.3 Å². The number of hydrogen-bond acceptors (Lipinski definition) is 4. The summed E-state index contributed by atoms with van der Waals surface area (Å²) in [6.45, 7) is 6.66. The van der Waals surface area contributed by atoms with E-state index >= 15 is 0 Å². The molecule has 1 amide bonds. The fourth-order valence-corrected chi connectivity index (χ4v) is 3.16. The number of rotatable bonds is 4. The number of carbonyl (C=O) groups is 1. The number of hydrogen-bond donors (Lipinski definition) is 2. The Hall–Kier alpha value is -0.850. The van der Waals surface area contributed by atoms with E-state index < -0.39 is 0 Å². The second kappa shape index (κ2) is 7.81. The Morgan fingerprint density at radius 1 is 1.50 bits per heavy atom. The topological polar surface area (TPSA) is 63.1 Å². The van der Waals surface area contributed by atoms with Gasteiger partial charge in [-0.2, -0.15) is 0 Å². The van der Waals surface area contributed by atoms with Crippen LogP contribution in [-0.4, -0.2) is 30.1 Å². The Morgan fingerprint density at radius 3 is 2.80 bits per heavy atom. The highest BCUT2D eigenvalue weighted by molar-refractivity contribution is 7.09. The Morgan fingerprint density at radius 2 is 2.25 bits per heavy atom. The van der Waals surface area contributed by atoms with Crippen molar-refractivity contribution < 1.29 is 4.79 Å². The highest BCUT2D eigenvalue weighted by atomic mass is 35.5. The van der Waals surface area contributed by atoms with Crippen LogP contribution in [0.4, 0.5) is 0 Å². The van der Waals surface area contributed by atoms with Crippen molar-refractivity contribution in [2.24, 2.45) is 5.92 Å². The van der Waals surface area contributed by atoms with Gasteiger partial charge in [0.25, 0.3) is 0 Å². The molecular formula is C13H22ClN3O2S. The van der Waals surface area contributed by atoms with Gasteiger partial charge in [-0.25, -0.2) is 0 Å². The molecule has 2 heterocycles. The molecule has 2 rings (SSSR count). The zero-order valence-corrected chi connectivity index (χ0v) is 13.5. The average molecular weight is 320 g/mol. The fourth-order valence-electron chi connectivity index (χ4n) is 2.33. The van der Waals surface area contributed by atoms with Gasteiger partial charge in [0, 0.05) is 17.1 Å². The van der Waals surface area contributed by atoms with Crippen LogP contribution in [0.1, 0.15) is 23.4 Å². The average Bonchev–Trinajstić information content (AvgIpc) is 2.64. The van der Waals surface area contributed by atoms with Gasteiger partial charge in [-0.15, -0.1) is 12.4 Å². The maximum absolute atomic E-state index is 11.9. The standard InChI is InChI=1S/C13H21N3O2S.ClH/c1-9-10(2)19-13(18)16(9)8-12(17)15-7-11-4-3-5-14-6-11;/h11,14H,3-8H2,1-2H3,(H,15,17);1H. The number of carbonyl (C=O) groups excluding carboxylic acids is 1. The van der Waals surface area contributed by atoms with Crippen LogP contribution in [0.3, 0.4) is 0 Å². The molecule has 1 fully saturated rings. The van der Waals surface area contributed by atoms with Crippen LogP contribution in [0.25, 0.3) is 0 Å². The first kappa shape index (κ1) is 17.2. The maximum Gasteiger partial charge on any atom is 0.308 e. The summed E-state index contributed by atoms with van der Waals surface area (Å²) in [5.41, 5.74) is 0.893. The number of aromatic nitrogens is 1. The van der Waals surface area contributed by atoms with E-state index in [-0.39, 0.29) is 29.7 Å². The minimum atomic E-state index is -0.0754. The first-order chi connectivity index (χ1) is 9.08. The third-order valence-electron chi connectivity index (χ3n) is 3.66. The van der Waals surface area contributed by atoms with Gasteiger partial charge in [0.05, 0.1) is 0 Å². The summed E-state index contributed by atoms with van der Waals surface area (Å²) < 4.78 is 1.55. The van der Waals surface area contributed by atoms with Crippen molar-refractivity contribution in [2.75, 3.05) is 19.6 Å². The van der Waals surface area contributed by atoms with Crippen molar-refractivity contribution in [3.8, 4) is 0 Å². The molecule has 0 aromatic carbocycles. The number of halogens is 1. The van der Waals surface area contributed by atoms with Crippen molar-refractivity contribution in [2.45, 2.75) is 33.2 Å². The summed E-state index contributed by atoms with van der Waals surface area (Å²) in [6, 6.07) is 0. The lowest BCUT2D eigenvalue weighted by atomic mass is 10.00. The zero-order valence-electron chi connectivity index (χ0n) is 11.9. The summed E-state index contributed by atoms with van der Waals surface area (Å²) in [4.78, 5) is 24.5. The quantitative estimate of drug-likeness (QED) is 0.872. The summed E-state index contributed by atoms with van der Waals surface area (Å²) in [7, 11) is 0. The molecule has 1 saturated heterocycles. The fraction of sp³-hybridized carbons (Fsp3) is 0.692. The molecule has 1 atom stereocenters. The Labute approximate surface area is 129 Å². The van der Waals surface area contributed by atoms with Gasteiger partial charge in [0.2, 0.25) is 5.91 Å². The lowest BCUT2D eigenvalue weighted by molar-refractivity contribution is -0.121. The van der Waals surface area contributed by atoms with E-state index in [9.17, 15) is 9.59 Å². The van der Waals surface area contributed by atoms with Crippen molar-refractivity contribution in [1.29, 1.82) is 0 Å². The molecular weight excluding hydrogens is 298 g/mol. The van der Waals surface area contributed by atoms with Gasteiger partial charge < -0.3 is 10.6 Å². The third-order valence-corrected chi connectivity index (χ3v) is 4.66. The Balaban J connectivity index is 0.00000200. The highest BCUT2D eigenvalue weighted by Crippen LogP contribution is 2.10. The van der Waals surface area contributed by atoms with E-state index in [1.807, 2.05) is 13.8 Å². The molecule has 114 valence electrons. The van der Waals surface area contributed by atoms with E-state index in [1.54, 1.807) is 4.57 Å². The van der Waals surface area contributed by atoms with E-state index in [0.717, 1.165) is 30.1 Å². The first-order valence-electron chi connectivity index (χ1n) is 6.72. The molecule has 0 saturated carbocycles. The van der Waals surface area contributed by atoms with Crippen LogP contribution in [0.2, 0.25) is 0 Å². The third kappa shape index (κ3) is 4.33. The molecule has 5 nitrogen and oxygen atoms in total. The SMILES string of the molecule is Cc1sc(=O)n(CC(=O)NCC2CCCNC2)c1C.Cl. The van der Waals surface area contributed by atoms with E-state index in [2.05, 4.69) is 10.6 Å². The molecule has 0 spiro atoms. The molecule has 0 radical (unpaired) electrons. The van der Waals surface area contributed by atoms with Crippen molar-refractivity contribution in [3.05, 3.63) is 20.2 Å². The predicted molar refractivity (Wildman–Crippen MR) is 83.9 cm³/mol. The number of thiazole rings is 1. The molecule has 20 heavy (non-hydrogen) atoms. The maximum atomic E-state index is 11.9. The molecule has 0 aliphatic carbocycles. The second-order valence-corrected chi connectivity index (χ2v) is 6.28. The molecule has 1 aliphatic heterocycles. The van der Waals surface area contributed by atoms with Crippen LogP contribution >= 0.6 is 23.7 Å². The first-order valence-corrected chi connectivity index (χ1v) is 7.54. The molecule has 1 aromatic rings. The van der Waals surface area contributed by atoms with Crippen molar-refractivity contribution in [3.63, 3.8) is 0 Å². The molecule has 1 unspecified atom stereocenters. The lowest BCUT2D eigenvalue weighted by Crippen LogP contribution is -2.39. The van der Waals surface area contributed by atoms with Gasteiger partial charge in [-0.3, -0.25) is 14.2 Å². The second-order valence-electron chi connectivity index (χ2n) is 5.11. The van der Waals surface area contributed by atoms with Gasteiger partial charge in [-0.05, 0) is 45.7 Å². The van der Waals surface area contributed by atoms with E-state index in [4.69, 9.17) is 0 Å². The Bertz CT molecular complexity index is 506. The molecule has 0 bridgehead atoms. The lowest BCUT2D eigenvalue weighted by Gasteiger charge is -2.22. The van der Waals surface area contributed by atoms with Crippen molar-refractivity contribution in [1.82, 2.24) is 15.2 Å². The number of amides is 1. The van der Waals surface area contributed by atoms with Crippen LogP contribution in [0.15, 0.2) is 4.79 Å². The number of nitrogens with zero attached hydrogens (tertiary/aromatic N) is 1. The largest absolute Gasteiger partial charge is 0.354 e. The minimum Gasteiger partial charge on any atom is -0.354 e. The number of nitrogens with one attached hydrogen (secondary N) is 2. The van der Waals surface area contributed by atoms with Gasteiger partial charge in [-0.1, -0.05) is 11.3 Å².